The molecule has 0 bridgehead atoms. The number of hydrogen-bond donors (Lipinski definition) is 0. The van der Waals surface area contributed by atoms with Crippen LogP contribution in [-0.4, -0.2) is 36.0 Å². The SMILES string of the molecule is COc1ccc2cc3cc(C(=O)N4CCCCCC4)sc3nc2c1. The van der Waals surface area contributed by atoms with Gasteiger partial charge in [0.2, 0.25) is 0 Å². The number of fused-ring (bicyclic) bond motifs is 2. The lowest BCUT2D eigenvalue weighted by Crippen LogP contribution is -2.31. The van der Waals surface area contributed by atoms with Crippen LogP contribution in [0, 0.1) is 0 Å². The highest BCUT2D eigenvalue weighted by atomic mass is 32.1. The van der Waals surface area contributed by atoms with Crippen LogP contribution < -0.4 is 4.74 Å². The number of benzene rings is 1. The first-order valence-corrected chi connectivity index (χ1v) is 9.24. The molecule has 1 fully saturated rings. The molecule has 1 amide bonds. The maximum absolute atomic E-state index is 12.8. The van der Waals surface area contributed by atoms with Gasteiger partial charge in [-0.3, -0.25) is 4.79 Å². The Bertz CT molecular complexity index is 895. The molecule has 0 spiro atoms. The number of likely N-dealkylation sites (tertiary alicyclic amines) is 1. The van der Waals surface area contributed by atoms with Crippen molar-refractivity contribution in [3.63, 3.8) is 0 Å². The second-order valence-corrected chi connectivity index (χ2v) is 7.29. The lowest BCUT2D eigenvalue weighted by atomic mass is 10.2. The fourth-order valence-electron chi connectivity index (χ4n) is 3.27. The molecule has 1 aromatic carbocycles. The fourth-order valence-corrected chi connectivity index (χ4v) is 4.26. The number of hydrogen-bond acceptors (Lipinski definition) is 4. The molecule has 3 aromatic rings. The monoisotopic (exact) mass is 340 g/mol. The summed E-state index contributed by atoms with van der Waals surface area (Å²) in [6.45, 7) is 1.75. The number of pyridine rings is 1. The van der Waals surface area contributed by atoms with Crippen molar-refractivity contribution in [1.29, 1.82) is 0 Å². The number of methoxy groups -OCH3 is 1. The molecular weight excluding hydrogens is 320 g/mol. The van der Waals surface area contributed by atoms with E-state index in [1.165, 1.54) is 24.2 Å². The molecule has 2 aromatic heterocycles. The van der Waals surface area contributed by atoms with Crippen molar-refractivity contribution in [2.75, 3.05) is 20.2 Å². The molecule has 5 heteroatoms. The summed E-state index contributed by atoms with van der Waals surface area (Å²) in [5, 5.41) is 2.10. The smallest absolute Gasteiger partial charge is 0.264 e. The Labute approximate surface area is 145 Å². The number of aromatic nitrogens is 1. The van der Waals surface area contributed by atoms with Crippen LogP contribution in [-0.2, 0) is 0 Å². The summed E-state index contributed by atoms with van der Waals surface area (Å²) in [6.07, 6.45) is 4.67. The average molecular weight is 340 g/mol. The third-order valence-electron chi connectivity index (χ3n) is 4.61. The predicted molar refractivity (Wildman–Crippen MR) is 98.0 cm³/mol. The van der Waals surface area contributed by atoms with Gasteiger partial charge in [-0.1, -0.05) is 12.8 Å². The zero-order chi connectivity index (χ0) is 16.5. The number of amides is 1. The molecular formula is C19H20N2O2S. The van der Waals surface area contributed by atoms with Gasteiger partial charge in [0.05, 0.1) is 17.5 Å². The molecule has 3 heterocycles. The van der Waals surface area contributed by atoms with Crippen LogP contribution in [0.25, 0.3) is 21.1 Å². The van der Waals surface area contributed by atoms with Crippen LogP contribution >= 0.6 is 11.3 Å². The fraction of sp³-hybridized carbons (Fsp3) is 0.368. The summed E-state index contributed by atoms with van der Waals surface area (Å²) < 4.78 is 5.27. The predicted octanol–water partition coefficient (Wildman–Crippen LogP) is 4.47. The van der Waals surface area contributed by atoms with Crippen LogP contribution in [0.5, 0.6) is 5.75 Å². The Hall–Kier alpha value is -2.14. The third kappa shape index (κ3) is 2.84. The third-order valence-corrected chi connectivity index (χ3v) is 5.65. The number of ether oxygens (including phenoxy) is 1. The molecule has 1 aliphatic heterocycles. The minimum Gasteiger partial charge on any atom is -0.497 e. The molecule has 4 nitrogen and oxygen atoms in total. The standard InChI is InChI=1S/C19H20N2O2S/c1-23-15-7-6-13-10-14-11-17(24-18(14)20-16(13)12-15)19(22)21-8-4-2-3-5-9-21/h6-7,10-12H,2-5,8-9H2,1H3. The largest absolute Gasteiger partial charge is 0.497 e. The molecule has 0 radical (unpaired) electrons. The van der Waals surface area contributed by atoms with E-state index in [9.17, 15) is 4.79 Å². The van der Waals surface area contributed by atoms with Crippen molar-refractivity contribution < 1.29 is 9.53 Å². The maximum atomic E-state index is 12.8. The van der Waals surface area contributed by atoms with Gasteiger partial charge >= 0.3 is 0 Å². The molecule has 0 unspecified atom stereocenters. The lowest BCUT2D eigenvalue weighted by Gasteiger charge is -2.19. The van der Waals surface area contributed by atoms with E-state index in [-0.39, 0.29) is 5.91 Å². The van der Waals surface area contributed by atoms with E-state index in [2.05, 4.69) is 6.07 Å². The molecule has 1 aliphatic rings. The molecule has 1 saturated heterocycles. The van der Waals surface area contributed by atoms with Gasteiger partial charge in [0.25, 0.3) is 5.91 Å². The highest BCUT2D eigenvalue weighted by molar-refractivity contribution is 7.20. The van der Waals surface area contributed by atoms with Crippen molar-refractivity contribution in [3.8, 4) is 5.75 Å². The second kappa shape index (κ2) is 6.40. The Morgan fingerprint density at radius 1 is 1.08 bits per heavy atom. The van der Waals surface area contributed by atoms with Gasteiger partial charge in [-0.25, -0.2) is 4.98 Å². The van der Waals surface area contributed by atoms with Crippen LogP contribution in [0.1, 0.15) is 35.4 Å². The molecule has 0 aliphatic carbocycles. The topological polar surface area (TPSA) is 42.4 Å². The first-order chi connectivity index (χ1) is 11.7. The van der Waals surface area contributed by atoms with Crippen molar-refractivity contribution in [3.05, 3.63) is 35.2 Å². The van der Waals surface area contributed by atoms with Crippen LogP contribution in [0.3, 0.4) is 0 Å². The van der Waals surface area contributed by atoms with E-state index in [1.807, 2.05) is 29.2 Å². The summed E-state index contributed by atoms with van der Waals surface area (Å²) in [7, 11) is 1.66. The number of carbonyl (C=O) groups excluding carboxylic acids is 1. The zero-order valence-corrected chi connectivity index (χ0v) is 14.6. The van der Waals surface area contributed by atoms with Crippen molar-refractivity contribution in [1.82, 2.24) is 9.88 Å². The van der Waals surface area contributed by atoms with Gasteiger partial charge in [0, 0.05) is 29.9 Å². The second-order valence-electron chi connectivity index (χ2n) is 6.26. The average Bonchev–Trinajstić information content (AvgIpc) is 2.82. The molecule has 0 N–H and O–H groups in total. The van der Waals surface area contributed by atoms with E-state index in [0.29, 0.717) is 0 Å². The molecule has 24 heavy (non-hydrogen) atoms. The van der Waals surface area contributed by atoms with E-state index >= 15 is 0 Å². The Morgan fingerprint density at radius 2 is 1.88 bits per heavy atom. The Morgan fingerprint density at radius 3 is 2.62 bits per heavy atom. The lowest BCUT2D eigenvalue weighted by molar-refractivity contribution is 0.0766. The first kappa shape index (κ1) is 15.4. The number of thiophene rings is 1. The molecule has 4 rings (SSSR count). The minimum atomic E-state index is 0.154. The summed E-state index contributed by atoms with van der Waals surface area (Å²) in [4.78, 5) is 21.2. The zero-order valence-electron chi connectivity index (χ0n) is 13.7. The first-order valence-electron chi connectivity index (χ1n) is 8.42. The summed E-state index contributed by atoms with van der Waals surface area (Å²) in [6, 6.07) is 9.97. The van der Waals surface area contributed by atoms with Gasteiger partial charge in [-0.15, -0.1) is 11.3 Å². The highest BCUT2D eigenvalue weighted by Crippen LogP contribution is 2.30. The van der Waals surface area contributed by atoms with Crippen molar-refractivity contribution >= 4 is 38.4 Å². The number of nitrogens with zero attached hydrogens (tertiary/aromatic N) is 2. The van der Waals surface area contributed by atoms with Crippen molar-refractivity contribution in [2.24, 2.45) is 0 Å². The summed E-state index contributed by atoms with van der Waals surface area (Å²) in [5.41, 5.74) is 0.900. The Balaban J connectivity index is 1.71. The van der Waals surface area contributed by atoms with E-state index in [0.717, 1.165) is 57.7 Å². The van der Waals surface area contributed by atoms with Gasteiger partial charge < -0.3 is 9.64 Å². The maximum Gasteiger partial charge on any atom is 0.264 e. The minimum absolute atomic E-state index is 0.154. The van der Waals surface area contributed by atoms with Crippen LogP contribution in [0.2, 0.25) is 0 Å². The molecule has 124 valence electrons. The summed E-state index contributed by atoms with van der Waals surface area (Å²) in [5.74, 6) is 0.952. The highest BCUT2D eigenvalue weighted by Gasteiger charge is 2.20. The molecule has 0 saturated carbocycles. The van der Waals surface area contributed by atoms with Crippen LogP contribution in [0.4, 0.5) is 0 Å². The molecule has 0 atom stereocenters. The van der Waals surface area contributed by atoms with Gasteiger partial charge in [0.15, 0.2) is 0 Å². The number of rotatable bonds is 2. The normalized spacial score (nSPS) is 15.6. The number of carbonyl (C=O) groups is 1. The van der Waals surface area contributed by atoms with Gasteiger partial charge in [0.1, 0.15) is 10.6 Å². The van der Waals surface area contributed by atoms with E-state index < -0.39 is 0 Å². The van der Waals surface area contributed by atoms with Crippen molar-refractivity contribution in [2.45, 2.75) is 25.7 Å². The summed E-state index contributed by atoms with van der Waals surface area (Å²) >= 11 is 1.49. The Kier molecular flexibility index (Phi) is 4.10. The quantitative estimate of drug-likeness (QED) is 0.691. The van der Waals surface area contributed by atoms with Gasteiger partial charge in [-0.05, 0) is 37.1 Å². The van der Waals surface area contributed by atoms with E-state index in [1.54, 1.807) is 7.11 Å². The van der Waals surface area contributed by atoms with E-state index in [4.69, 9.17) is 9.72 Å². The van der Waals surface area contributed by atoms with Gasteiger partial charge in [-0.2, -0.15) is 0 Å². The van der Waals surface area contributed by atoms with Crippen LogP contribution in [0.15, 0.2) is 30.3 Å².